The molecule has 20 heavy (non-hydrogen) atoms. The van der Waals surface area contributed by atoms with Gasteiger partial charge in [0.05, 0.1) is 6.26 Å². The van der Waals surface area contributed by atoms with Crippen molar-refractivity contribution in [3.05, 3.63) is 0 Å². The summed E-state index contributed by atoms with van der Waals surface area (Å²) >= 11 is 0. The minimum absolute atomic E-state index is 0.147. The van der Waals surface area contributed by atoms with Crippen molar-refractivity contribution in [2.45, 2.75) is 58.3 Å². The summed E-state index contributed by atoms with van der Waals surface area (Å²) in [5.74, 6) is 0.572. The van der Waals surface area contributed by atoms with Gasteiger partial charge in [0.25, 0.3) is 0 Å². The summed E-state index contributed by atoms with van der Waals surface area (Å²) in [6.07, 6.45) is 9.25. The van der Waals surface area contributed by atoms with Crippen LogP contribution in [-0.4, -0.2) is 37.9 Å². The Bertz CT molecular complexity index is 452. The number of carbonyl (C=O) groups is 1. The van der Waals surface area contributed by atoms with Gasteiger partial charge in [-0.2, -0.15) is 0 Å². The molecular formula is C15H27NO3S. The summed E-state index contributed by atoms with van der Waals surface area (Å²) < 4.78 is 24.8. The molecule has 0 amide bonds. The summed E-state index contributed by atoms with van der Waals surface area (Å²) in [6, 6.07) is 0. The van der Waals surface area contributed by atoms with Gasteiger partial charge in [0.2, 0.25) is 10.0 Å². The molecule has 1 aliphatic carbocycles. The number of carbonyl (C=O) groups excluding carboxylic acids is 1. The Morgan fingerprint density at radius 1 is 1.20 bits per heavy atom. The Morgan fingerprint density at radius 2 is 1.85 bits per heavy atom. The molecule has 1 saturated heterocycles. The molecule has 1 unspecified atom stereocenters. The van der Waals surface area contributed by atoms with Gasteiger partial charge in [0.1, 0.15) is 5.78 Å². The van der Waals surface area contributed by atoms with Crippen LogP contribution in [0, 0.1) is 11.3 Å². The molecule has 1 atom stereocenters. The first-order valence-corrected chi connectivity index (χ1v) is 9.64. The number of rotatable bonds is 4. The molecule has 0 bridgehead atoms. The number of piperidine rings is 1. The average molecular weight is 301 g/mol. The van der Waals surface area contributed by atoms with Crippen LogP contribution in [-0.2, 0) is 14.8 Å². The van der Waals surface area contributed by atoms with Crippen LogP contribution in [0.2, 0.25) is 0 Å². The highest BCUT2D eigenvalue weighted by Crippen LogP contribution is 2.38. The van der Waals surface area contributed by atoms with Crippen molar-refractivity contribution in [3.63, 3.8) is 0 Å². The lowest BCUT2D eigenvalue weighted by molar-refractivity contribution is -0.130. The van der Waals surface area contributed by atoms with Crippen molar-refractivity contribution >= 4 is 15.8 Å². The normalized spacial score (nSPS) is 28.2. The SMILES string of the molecule is CC1(C(=O)CC2CCCN(S(C)(=O)=O)C2)CCCCC1. The van der Waals surface area contributed by atoms with Crippen molar-refractivity contribution in [1.29, 1.82) is 0 Å². The van der Waals surface area contributed by atoms with Crippen LogP contribution in [0.5, 0.6) is 0 Å². The van der Waals surface area contributed by atoms with Crippen LogP contribution in [0.3, 0.4) is 0 Å². The van der Waals surface area contributed by atoms with Crippen LogP contribution < -0.4 is 0 Å². The van der Waals surface area contributed by atoms with Crippen LogP contribution >= 0.6 is 0 Å². The molecule has 1 aliphatic heterocycles. The van der Waals surface area contributed by atoms with E-state index >= 15 is 0 Å². The third-order valence-electron chi connectivity index (χ3n) is 5.06. The maximum Gasteiger partial charge on any atom is 0.211 e. The van der Waals surface area contributed by atoms with Crippen molar-refractivity contribution in [2.24, 2.45) is 11.3 Å². The van der Waals surface area contributed by atoms with Crippen molar-refractivity contribution in [2.75, 3.05) is 19.3 Å². The van der Waals surface area contributed by atoms with Crippen LogP contribution in [0.4, 0.5) is 0 Å². The standard InChI is InChI=1S/C15H27NO3S/c1-15(8-4-3-5-9-15)14(17)11-13-7-6-10-16(12-13)20(2,18)19/h13H,3-12H2,1-2H3. The second-order valence-electron chi connectivity index (χ2n) is 6.88. The zero-order chi connectivity index (χ0) is 14.8. The number of Topliss-reactive ketones (excluding diaryl/α,β-unsaturated/α-hetero) is 1. The predicted octanol–water partition coefficient (Wildman–Crippen LogP) is 2.59. The van der Waals surface area contributed by atoms with Gasteiger partial charge in [0.15, 0.2) is 0 Å². The van der Waals surface area contributed by atoms with E-state index in [2.05, 4.69) is 6.92 Å². The Labute approximate surface area is 123 Å². The molecule has 5 heteroatoms. The van der Waals surface area contributed by atoms with Crippen LogP contribution in [0.25, 0.3) is 0 Å². The van der Waals surface area contributed by atoms with Gasteiger partial charge in [-0.25, -0.2) is 12.7 Å². The minimum Gasteiger partial charge on any atom is -0.299 e. The Morgan fingerprint density at radius 3 is 2.45 bits per heavy atom. The van der Waals surface area contributed by atoms with Crippen LogP contribution in [0.1, 0.15) is 58.3 Å². The molecule has 0 N–H and O–H groups in total. The maximum atomic E-state index is 12.6. The minimum atomic E-state index is -3.11. The van der Waals surface area contributed by atoms with E-state index in [4.69, 9.17) is 0 Å². The van der Waals surface area contributed by atoms with Gasteiger partial charge < -0.3 is 0 Å². The molecule has 0 spiro atoms. The number of sulfonamides is 1. The fourth-order valence-corrected chi connectivity index (χ4v) is 4.56. The maximum absolute atomic E-state index is 12.6. The van der Waals surface area contributed by atoms with E-state index in [1.165, 1.54) is 17.0 Å². The summed E-state index contributed by atoms with van der Waals surface area (Å²) in [5.41, 5.74) is -0.147. The molecule has 0 aromatic carbocycles. The van der Waals surface area contributed by atoms with E-state index in [1.807, 2.05) is 0 Å². The summed E-state index contributed by atoms with van der Waals surface area (Å²) in [5, 5.41) is 0. The molecule has 2 fully saturated rings. The first kappa shape index (κ1) is 16.0. The highest BCUT2D eigenvalue weighted by Gasteiger charge is 2.36. The smallest absolute Gasteiger partial charge is 0.211 e. The summed E-state index contributed by atoms with van der Waals surface area (Å²) in [6.45, 7) is 3.24. The van der Waals surface area contributed by atoms with Crippen molar-refractivity contribution in [1.82, 2.24) is 4.31 Å². The van der Waals surface area contributed by atoms with E-state index < -0.39 is 10.0 Å². The van der Waals surface area contributed by atoms with Gasteiger partial charge in [0, 0.05) is 24.9 Å². The lowest BCUT2D eigenvalue weighted by Crippen LogP contribution is -2.41. The van der Waals surface area contributed by atoms with Crippen molar-refractivity contribution < 1.29 is 13.2 Å². The van der Waals surface area contributed by atoms with Crippen molar-refractivity contribution in [3.8, 4) is 0 Å². The first-order valence-electron chi connectivity index (χ1n) is 7.80. The second-order valence-corrected chi connectivity index (χ2v) is 8.86. The van der Waals surface area contributed by atoms with E-state index in [0.29, 0.717) is 25.3 Å². The summed E-state index contributed by atoms with van der Waals surface area (Å²) in [4.78, 5) is 12.6. The number of ketones is 1. The first-order chi connectivity index (χ1) is 9.31. The fourth-order valence-electron chi connectivity index (χ4n) is 3.61. The molecule has 1 heterocycles. The third-order valence-corrected chi connectivity index (χ3v) is 6.32. The fraction of sp³-hybridized carbons (Fsp3) is 0.933. The van der Waals surface area contributed by atoms with E-state index in [1.54, 1.807) is 0 Å². The number of nitrogens with zero attached hydrogens (tertiary/aromatic N) is 1. The van der Waals surface area contributed by atoms with Gasteiger partial charge >= 0.3 is 0 Å². The lowest BCUT2D eigenvalue weighted by atomic mass is 9.70. The molecule has 4 nitrogen and oxygen atoms in total. The predicted molar refractivity (Wildman–Crippen MR) is 80.0 cm³/mol. The molecule has 2 aliphatic rings. The highest BCUT2D eigenvalue weighted by molar-refractivity contribution is 7.88. The van der Waals surface area contributed by atoms with E-state index in [-0.39, 0.29) is 11.3 Å². The van der Waals surface area contributed by atoms with Gasteiger partial charge in [-0.1, -0.05) is 26.2 Å². The lowest BCUT2D eigenvalue weighted by Gasteiger charge is -2.35. The summed E-state index contributed by atoms with van der Waals surface area (Å²) in [7, 11) is -3.11. The molecule has 0 aromatic rings. The molecule has 1 saturated carbocycles. The third kappa shape index (κ3) is 3.82. The second kappa shape index (κ2) is 6.14. The molecule has 0 aromatic heterocycles. The number of hydrogen-bond acceptors (Lipinski definition) is 3. The topological polar surface area (TPSA) is 54.5 Å². The Balaban J connectivity index is 1.94. The largest absolute Gasteiger partial charge is 0.299 e. The van der Waals surface area contributed by atoms with Crippen LogP contribution in [0.15, 0.2) is 0 Å². The van der Waals surface area contributed by atoms with E-state index in [9.17, 15) is 13.2 Å². The zero-order valence-electron chi connectivity index (χ0n) is 12.7. The molecule has 2 rings (SSSR count). The molecular weight excluding hydrogens is 274 g/mol. The zero-order valence-corrected chi connectivity index (χ0v) is 13.5. The van der Waals surface area contributed by atoms with E-state index in [0.717, 1.165) is 38.5 Å². The Kier molecular flexibility index (Phi) is 4.90. The van der Waals surface area contributed by atoms with Gasteiger partial charge in [-0.3, -0.25) is 4.79 Å². The monoisotopic (exact) mass is 301 g/mol. The molecule has 0 radical (unpaired) electrons. The molecule has 116 valence electrons. The highest BCUT2D eigenvalue weighted by atomic mass is 32.2. The average Bonchev–Trinajstić information content (AvgIpc) is 2.39. The van der Waals surface area contributed by atoms with Gasteiger partial charge in [-0.15, -0.1) is 0 Å². The van der Waals surface area contributed by atoms with Gasteiger partial charge in [-0.05, 0) is 31.6 Å². The number of hydrogen-bond donors (Lipinski definition) is 0. The quantitative estimate of drug-likeness (QED) is 0.802. The Hall–Kier alpha value is -0.420.